The maximum Gasteiger partial charge on any atom is 0.241 e. The largest absolute Gasteiger partial charge is 0.496 e. The summed E-state index contributed by atoms with van der Waals surface area (Å²) < 4.78 is 52.6. The molecule has 0 spiro atoms. The van der Waals surface area contributed by atoms with Gasteiger partial charge in [-0.1, -0.05) is 36.4 Å². The fraction of sp³-hybridized carbons (Fsp3) is 0.200. The summed E-state index contributed by atoms with van der Waals surface area (Å²) in [5.41, 5.74) is 1.30. The number of fused-ring (bicyclic) bond motifs is 2. The lowest BCUT2D eigenvalue weighted by Crippen LogP contribution is -2.29. The lowest BCUT2D eigenvalue weighted by atomic mass is 10.0. The van der Waals surface area contributed by atoms with Crippen LogP contribution in [0, 0.1) is 0 Å². The third-order valence-corrected chi connectivity index (χ3v) is 6.90. The van der Waals surface area contributed by atoms with Crippen LogP contribution in [0.4, 0.5) is 0 Å². The van der Waals surface area contributed by atoms with Crippen molar-refractivity contribution in [1.29, 1.82) is 0 Å². The third-order valence-electron chi connectivity index (χ3n) is 5.48. The number of furan rings is 1. The van der Waals surface area contributed by atoms with Crippen molar-refractivity contribution in [2.24, 2.45) is 0 Å². The Balaban J connectivity index is 1.57. The second-order valence-electron chi connectivity index (χ2n) is 7.64. The molecule has 4 aromatic rings. The third kappa shape index (κ3) is 4.27. The van der Waals surface area contributed by atoms with Gasteiger partial charge in [-0.05, 0) is 30.3 Å². The molecule has 7 nitrogen and oxygen atoms in total. The van der Waals surface area contributed by atoms with Crippen LogP contribution in [0.25, 0.3) is 11.0 Å². The van der Waals surface area contributed by atoms with Crippen molar-refractivity contribution in [3.63, 3.8) is 0 Å². The van der Waals surface area contributed by atoms with Gasteiger partial charge in [0.15, 0.2) is 11.5 Å². The van der Waals surface area contributed by atoms with E-state index in [1.165, 1.54) is 12.1 Å². The maximum absolute atomic E-state index is 13.5. The van der Waals surface area contributed by atoms with Gasteiger partial charge in [-0.3, -0.25) is 0 Å². The molecule has 0 unspecified atom stereocenters. The molecule has 1 N–H and O–H groups in total. The Morgan fingerprint density at radius 3 is 2.48 bits per heavy atom. The van der Waals surface area contributed by atoms with Gasteiger partial charge in [0, 0.05) is 23.4 Å². The average Bonchev–Trinajstić information content (AvgIpc) is 3.12. The topological polar surface area (TPSA) is 87.0 Å². The Hall–Kier alpha value is -3.49. The van der Waals surface area contributed by atoms with Gasteiger partial charge in [0.2, 0.25) is 10.0 Å². The molecule has 1 aliphatic heterocycles. The highest BCUT2D eigenvalue weighted by Gasteiger charge is 2.29. The van der Waals surface area contributed by atoms with Gasteiger partial charge in [0.1, 0.15) is 23.1 Å². The second kappa shape index (κ2) is 8.80. The molecular formula is C25H23NO6S. The molecular weight excluding hydrogens is 442 g/mol. The molecule has 5 rings (SSSR count). The first-order valence-electron chi connectivity index (χ1n) is 10.6. The molecule has 170 valence electrons. The number of methoxy groups -OCH3 is 1. The Bertz CT molecular complexity index is 1360. The van der Waals surface area contributed by atoms with Crippen molar-refractivity contribution in [2.45, 2.75) is 17.4 Å². The molecule has 0 amide bonds. The van der Waals surface area contributed by atoms with Crippen molar-refractivity contribution in [3.05, 3.63) is 84.1 Å². The van der Waals surface area contributed by atoms with Crippen LogP contribution in [-0.2, 0) is 10.0 Å². The Morgan fingerprint density at radius 1 is 0.909 bits per heavy atom. The Labute approximate surface area is 191 Å². The van der Waals surface area contributed by atoms with Crippen molar-refractivity contribution in [3.8, 4) is 17.2 Å². The molecule has 2 heterocycles. The normalized spacial score (nSPS) is 14.6. The van der Waals surface area contributed by atoms with E-state index >= 15 is 0 Å². The molecule has 0 radical (unpaired) electrons. The quantitative estimate of drug-likeness (QED) is 0.445. The summed E-state index contributed by atoms with van der Waals surface area (Å²) in [5, 5.41) is 0.877. The van der Waals surface area contributed by atoms with Crippen molar-refractivity contribution < 1.29 is 27.0 Å². The Morgan fingerprint density at radius 2 is 1.67 bits per heavy atom. The minimum absolute atomic E-state index is 0.0720. The summed E-state index contributed by atoms with van der Waals surface area (Å²) >= 11 is 0. The van der Waals surface area contributed by atoms with Crippen LogP contribution in [0.1, 0.15) is 23.8 Å². The van der Waals surface area contributed by atoms with Crippen LogP contribution in [0.15, 0.2) is 82.1 Å². The summed E-state index contributed by atoms with van der Waals surface area (Å²) in [7, 11) is -2.42. The molecule has 33 heavy (non-hydrogen) atoms. The van der Waals surface area contributed by atoms with Crippen LogP contribution >= 0.6 is 0 Å². The lowest BCUT2D eigenvalue weighted by molar-refractivity contribution is 0.297. The zero-order chi connectivity index (χ0) is 22.8. The molecule has 0 saturated carbocycles. The smallest absolute Gasteiger partial charge is 0.241 e. The Kier molecular flexibility index (Phi) is 5.70. The SMILES string of the molecule is COc1ccccc1[C@H](NS(=O)(=O)c1ccc2c(c1)OCCCO2)c1cc2ccccc2o1. The van der Waals surface area contributed by atoms with E-state index in [-0.39, 0.29) is 4.90 Å². The van der Waals surface area contributed by atoms with Crippen LogP contribution in [-0.4, -0.2) is 28.7 Å². The van der Waals surface area contributed by atoms with Gasteiger partial charge < -0.3 is 18.6 Å². The maximum atomic E-state index is 13.5. The minimum Gasteiger partial charge on any atom is -0.496 e. The van der Waals surface area contributed by atoms with Crippen LogP contribution in [0.2, 0.25) is 0 Å². The first-order chi connectivity index (χ1) is 16.0. The lowest BCUT2D eigenvalue weighted by Gasteiger charge is -2.20. The number of ether oxygens (including phenoxy) is 3. The van der Waals surface area contributed by atoms with E-state index in [2.05, 4.69) is 4.72 Å². The fourth-order valence-corrected chi connectivity index (χ4v) is 5.06. The number of hydrogen-bond donors (Lipinski definition) is 1. The molecule has 0 fully saturated rings. The average molecular weight is 466 g/mol. The van der Waals surface area contributed by atoms with Gasteiger partial charge in [0.25, 0.3) is 0 Å². The predicted octanol–water partition coefficient (Wildman–Crippen LogP) is 4.67. The van der Waals surface area contributed by atoms with Crippen LogP contribution in [0.5, 0.6) is 17.2 Å². The first kappa shape index (κ1) is 21.4. The van der Waals surface area contributed by atoms with Gasteiger partial charge in [-0.25, -0.2) is 8.42 Å². The van der Waals surface area contributed by atoms with E-state index in [1.807, 2.05) is 48.5 Å². The minimum atomic E-state index is -3.96. The highest BCUT2D eigenvalue weighted by Crippen LogP contribution is 2.36. The van der Waals surface area contributed by atoms with Crippen molar-refractivity contribution in [1.82, 2.24) is 4.72 Å². The monoisotopic (exact) mass is 465 g/mol. The van der Waals surface area contributed by atoms with Crippen LogP contribution < -0.4 is 18.9 Å². The number of sulfonamides is 1. The summed E-state index contributed by atoms with van der Waals surface area (Å²) in [6.07, 6.45) is 0.733. The van der Waals surface area contributed by atoms with Gasteiger partial charge in [0.05, 0.1) is 25.2 Å². The molecule has 0 saturated heterocycles. The van der Waals surface area contributed by atoms with Crippen molar-refractivity contribution in [2.75, 3.05) is 20.3 Å². The van der Waals surface area contributed by atoms with Gasteiger partial charge in [-0.2, -0.15) is 4.72 Å². The molecule has 0 bridgehead atoms. The zero-order valence-electron chi connectivity index (χ0n) is 18.0. The van der Waals surface area contributed by atoms with E-state index in [0.29, 0.717) is 47.4 Å². The standard InChI is InChI=1S/C25H23NO6S/c1-29-21-10-5-3-8-19(21)25(24-15-17-7-2-4-9-20(17)32-24)26-33(27,28)18-11-12-22-23(16-18)31-14-6-13-30-22/h2-5,7-12,15-16,25-26H,6,13-14H2,1H3/t25-/m0/s1. The number of para-hydroxylation sites is 2. The highest BCUT2D eigenvalue weighted by molar-refractivity contribution is 7.89. The van der Waals surface area contributed by atoms with E-state index < -0.39 is 16.1 Å². The zero-order valence-corrected chi connectivity index (χ0v) is 18.8. The molecule has 1 aromatic heterocycles. The molecule has 3 aromatic carbocycles. The van der Waals surface area contributed by atoms with Crippen molar-refractivity contribution >= 4 is 21.0 Å². The molecule has 1 aliphatic rings. The number of rotatable bonds is 6. The van der Waals surface area contributed by atoms with E-state index in [0.717, 1.165) is 11.8 Å². The number of nitrogens with one attached hydrogen (secondary N) is 1. The van der Waals surface area contributed by atoms with E-state index in [4.69, 9.17) is 18.6 Å². The second-order valence-corrected chi connectivity index (χ2v) is 9.36. The highest BCUT2D eigenvalue weighted by atomic mass is 32.2. The van der Waals surface area contributed by atoms with Crippen LogP contribution in [0.3, 0.4) is 0 Å². The predicted molar refractivity (Wildman–Crippen MR) is 123 cm³/mol. The summed E-state index contributed by atoms with van der Waals surface area (Å²) in [6, 6.07) is 20.4. The fourth-order valence-electron chi connectivity index (χ4n) is 3.86. The summed E-state index contributed by atoms with van der Waals surface area (Å²) in [6.45, 7) is 0.992. The van der Waals surface area contributed by atoms with E-state index in [9.17, 15) is 8.42 Å². The summed E-state index contributed by atoms with van der Waals surface area (Å²) in [4.78, 5) is 0.0720. The molecule has 1 atom stereocenters. The first-order valence-corrected chi connectivity index (χ1v) is 12.1. The van der Waals surface area contributed by atoms with E-state index in [1.54, 1.807) is 19.2 Å². The number of hydrogen-bond acceptors (Lipinski definition) is 6. The van der Waals surface area contributed by atoms with Gasteiger partial charge in [-0.15, -0.1) is 0 Å². The van der Waals surface area contributed by atoms with Gasteiger partial charge >= 0.3 is 0 Å². The number of benzene rings is 3. The molecule has 8 heteroatoms. The summed E-state index contributed by atoms with van der Waals surface area (Å²) in [5.74, 6) is 1.95. The molecule has 0 aliphatic carbocycles.